The molecule has 2 aliphatic heterocycles. The molecule has 0 bridgehead atoms. The number of carbonyl (C=O) groups is 6. The topological polar surface area (TPSA) is 201 Å². The second kappa shape index (κ2) is 28.3. The quantitative estimate of drug-likeness (QED) is 0.0194. The minimum absolute atomic E-state index is 0.00538. The van der Waals surface area contributed by atoms with Crippen LogP contribution in [0.5, 0.6) is 46.0 Å². The largest absolute Gasteiger partial charge is 0.493 e. The van der Waals surface area contributed by atoms with Gasteiger partial charge in [0.25, 0.3) is 0 Å². The molecule has 2 unspecified atom stereocenters. The molecule has 7 aromatic rings. The fraction of sp³-hybridized carbons (Fsp3) is 0.273. The molecule has 82 heavy (non-hydrogen) atoms. The van der Waals surface area contributed by atoms with Gasteiger partial charge in [-0.15, -0.1) is 0 Å². The van der Waals surface area contributed by atoms with E-state index >= 15 is 0 Å². The first-order valence-corrected chi connectivity index (χ1v) is 27.5. The van der Waals surface area contributed by atoms with Crippen LogP contribution in [0.4, 0.5) is 0 Å². The summed E-state index contributed by atoms with van der Waals surface area (Å²) >= 11 is 0. The van der Waals surface area contributed by atoms with E-state index in [1.807, 2.05) is 24.3 Å². The SMILES string of the molecule is CCCCCc1ccc(C(=O)Oc2cc(OC(=O)c3ccc(OC(=O)c4ccc(OCCC5CO5)cc4)cc3)c(OC(=O)c3ccc(CCCCC)cc3)cc2OC(=O)c2ccc(OC(=O)c3ccc(OCCC4CO4)cc3)cc2)cc1. The van der Waals surface area contributed by atoms with E-state index < -0.39 is 35.8 Å². The van der Waals surface area contributed by atoms with Gasteiger partial charge in [0.05, 0.1) is 72.0 Å². The van der Waals surface area contributed by atoms with Gasteiger partial charge in [0.2, 0.25) is 0 Å². The Bertz CT molecular complexity index is 3080. The van der Waals surface area contributed by atoms with Crippen LogP contribution in [0.1, 0.15) is 138 Å². The molecular formula is C66H62O16. The molecule has 16 nitrogen and oxygen atoms in total. The summed E-state index contributed by atoms with van der Waals surface area (Å²) in [6.45, 7) is 6.68. The molecule has 0 N–H and O–H groups in total. The van der Waals surface area contributed by atoms with Gasteiger partial charge in [0.1, 0.15) is 23.0 Å². The summed E-state index contributed by atoms with van der Waals surface area (Å²) in [4.78, 5) is 82.1. The van der Waals surface area contributed by atoms with Crippen LogP contribution in [-0.2, 0) is 22.3 Å². The Balaban J connectivity index is 0.954. The van der Waals surface area contributed by atoms with Crippen molar-refractivity contribution in [1.29, 1.82) is 0 Å². The summed E-state index contributed by atoms with van der Waals surface area (Å²) in [6.07, 6.45) is 9.84. The first kappa shape index (κ1) is 57.6. The molecule has 2 atom stereocenters. The molecular weight excluding hydrogens is 1050 g/mol. The Kier molecular flexibility index (Phi) is 19.9. The average Bonchev–Trinajstić information content (AvgIpc) is 4.59. The highest BCUT2D eigenvalue weighted by Gasteiger charge is 2.27. The Labute approximate surface area is 475 Å². The molecule has 422 valence electrons. The van der Waals surface area contributed by atoms with Crippen molar-refractivity contribution in [2.75, 3.05) is 26.4 Å². The van der Waals surface area contributed by atoms with Crippen molar-refractivity contribution >= 4 is 35.8 Å². The zero-order valence-electron chi connectivity index (χ0n) is 45.6. The van der Waals surface area contributed by atoms with Gasteiger partial charge in [-0.25, -0.2) is 28.8 Å². The van der Waals surface area contributed by atoms with Crippen LogP contribution in [0.15, 0.2) is 158 Å². The third-order valence-electron chi connectivity index (χ3n) is 13.3. The van der Waals surface area contributed by atoms with E-state index in [0.29, 0.717) is 24.7 Å². The van der Waals surface area contributed by atoms with Gasteiger partial charge in [-0.3, -0.25) is 0 Å². The lowest BCUT2D eigenvalue weighted by Crippen LogP contribution is -2.16. The Morgan fingerprint density at radius 2 is 0.610 bits per heavy atom. The van der Waals surface area contributed by atoms with E-state index in [1.54, 1.807) is 72.8 Å². The number of benzene rings is 7. The maximum Gasteiger partial charge on any atom is 0.343 e. The van der Waals surface area contributed by atoms with Gasteiger partial charge in [-0.2, -0.15) is 0 Å². The standard InChI is InChI=1S/C66H62O16/c1-3-5-7-9-43-11-15-45(16-12-43)63(69)79-57-39-60(82-66(72)50-25-33-54(34-26-50)78-62(68)48-21-29-52(30-22-48)74-38-36-56-42-76-56)58(80-64(70)46-17-13-44(14-18-46)10-8-6-4-2)40-59(57)81-65(71)49-23-31-53(32-24-49)77-61(67)47-19-27-51(28-20-47)73-37-35-55-41-75-55/h11-34,39-40,55-56H,3-10,35-38,41-42H2,1-2H3. The molecule has 0 amide bonds. The monoisotopic (exact) mass is 1110 g/mol. The summed E-state index contributed by atoms with van der Waals surface area (Å²) in [6, 6.07) is 40.1. The van der Waals surface area contributed by atoms with Crippen LogP contribution in [0.25, 0.3) is 0 Å². The molecule has 0 spiro atoms. The van der Waals surface area contributed by atoms with Crippen LogP contribution >= 0.6 is 0 Å². The highest BCUT2D eigenvalue weighted by Crippen LogP contribution is 2.42. The number of epoxide rings is 2. The van der Waals surface area contributed by atoms with Gasteiger partial charge in [-0.1, -0.05) is 63.8 Å². The molecule has 16 heteroatoms. The summed E-state index contributed by atoms with van der Waals surface area (Å²) in [5.74, 6) is -4.94. The molecule has 2 saturated heterocycles. The van der Waals surface area contributed by atoms with Crippen molar-refractivity contribution in [1.82, 2.24) is 0 Å². The van der Waals surface area contributed by atoms with Gasteiger partial charge in [0, 0.05) is 25.0 Å². The van der Waals surface area contributed by atoms with E-state index in [9.17, 15) is 28.8 Å². The molecule has 0 saturated carbocycles. The van der Waals surface area contributed by atoms with E-state index in [4.69, 9.17) is 47.4 Å². The fourth-order valence-corrected chi connectivity index (χ4v) is 8.36. The first-order valence-electron chi connectivity index (χ1n) is 27.5. The fourth-order valence-electron chi connectivity index (χ4n) is 8.36. The van der Waals surface area contributed by atoms with Crippen LogP contribution in [0, 0.1) is 0 Å². The van der Waals surface area contributed by atoms with Crippen molar-refractivity contribution < 1.29 is 76.1 Å². The highest BCUT2D eigenvalue weighted by atomic mass is 16.6. The molecule has 0 aliphatic carbocycles. The minimum Gasteiger partial charge on any atom is -0.493 e. The molecule has 2 aliphatic rings. The number of hydrogen-bond acceptors (Lipinski definition) is 16. The average molecular weight is 1110 g/mol. The van der Waals surface area contributed by atoms with Crippen LogP contribution in [0.2, 0.25) is 0 Å². The number of rotatable bonds is 28. The van der Waals surface area contributed by atoms with Crippen LogP contribution in [-0.4, -0.2) is 74.5 Å². The lowest BCUT2D eigenvalue weighted by atomic mass is 10.1. The van der Waals surface area contributed by atoms with E-state index in [0.717, 1.165) is 101 Å². The number of aryl methyl sites for hydroxylation is 2. The molecule has 7 aromatic carbocycles. The maximum atomic E-state index is 14.0. The zero-order chi connectivity index (χ0) is 57.2. The number of unbranched alkanes of at least 4 members (excludes halogenated alkanes) is 4. The highest BCUT2D eigenvalue weighted by molar-refractivity contribution is 5.97. The number of esters is 6. The lowest BCUT2D eigenvalue weighted by molar-refractivity contribution is 0.0662. The molecule has 0 aromatic heterocycles. The van der Waals surface area contributed by atoms with Crippen molar-refractivity contribution in [2.24, 2.45) is 0 Å². The summed E-state index contributed by atoms with van der Waals surface area (Å²) in [7, 11) is 0. The Hall–Kier alpha value is -9.12. The van der Waals surface area contributed by atoms with Crippen molar-refractivity contribution in [2.45, 2.75) is 90.3 Å². The van der Waals surface area contributed by atoms with Gasteiger partial charge in [-0.05, 0) is 158 Å². The van der Waals surface area contributed by atoms with Gasteiger partial charge < -0.3 is 47.4 Å². The van der Waals surface area contributed by atoms with Gasteiger partial charge in [0.15, 0.2) is 23.0 Å². The summed E-state index contributed by atoms with van der Waals surface area (Å²) in [5, 5.41) is 0. The molecule has 2 fully saturated rings. The number of ether oxygens (including phenoxy) is 10. The predicted molar refractivity (Wildman–Crippen MR) is 301 cm³/mol. The predicted octanol–water partition coefficient (Wildman–Crippen LogP) is 12.8. The second-order valence-corrected chi connectivity index (χ2v) is 19.7. The molecule has 2 heterocycles. The number of hydrogen-bond donors (Lipinski definition) is 0. The lowest BCUT2D eigenvalue weighted by Gasteiger charge is -2.16. The van der Waals surface area contributed by atoms with E-state index in [1.165, 1.54) is 48.5 Å². The van der Waals surface area contributed by atoms with E-state index in [2.05, 4.69) is 13.8 Å². The maximum absolute atomic E-state index is 14.0. The summed E-state index contributed by atoms with van der Waals surface area (Å²) < 4.78 is 56.7. The zero-order valence-corrected chi connectivity index (χ0v) is 45.6. The second-order valence-electron chi connectivity index (χ2n) is 19.7. The normalized spacial score (nSPS) is 13.9. The third-order valence-corrected chi connectivity index (χ3v) is 13.3. The Morgan fingerprint density at radius 3 is 0.878 bits per heavy atom. The first-order chi connectivity index (χ1) is 40.0. The van der Waals surface area contributed by atoms with E-state index in [-0.39, 0.29) is 80.1 Å². The molecule has 9 rings (SSSR count). The molecule has 0 radical (unpaired) electrons. The summed E-state index contributed by atoms with van der Waals surface area (Å²) in [5.41, 5.74) is 2.92. The Morgan fingerprint density at radius 1 is 0.354 bits per heavy atom. The minimum atomic E-state index is -0.946. The van der Waals surface area contributed by atoms with Crippen LogP contribution in [0.3, 0.4) is 0 Å². The van der Waals surface area contributed by atoms with Crippen LogP contribution < -0.4 is 37.9 Å². The van der Waals surface area contributed by atoms with Crippen molar-refractivity contribution in [3.05, 3.63) is 202 Å². The smallest absolute Gasteiger partial charge is 0.343 e. The number of carbonyl (C=O) groups excluding carboxylic acids is 6. The van der Waals surface area contributed by atoms with Gasteiger partial charge >= 0.3 is 35.8 Å². The third kappa shape index (κ3) is 17.0. The van der Waals surface area contributed by atoms with Crippen molar-refractivity contribution in [3.8, 4) is 46.0 Å². The van der Waals surface area contributed by atoms with Crippen molar-refractivity contribution in [3.63, 3.8) is 0 Å².